The van der Waals surface area contributed by atoms with E-state index in [1.165, 1.54) is 25.3 Å². The van der Waals surface area contributed by atoms with E-state index in [9.17, 15) is 4.79 Å². The molecule has 0 spiro atoms. The number of benzene rings is 1. The second-order valence-corrected chi connectivity index (χ2v) is 11.8. The van der Waals surface area contributed by atoms with Crippen molar-refractivity contribution in [3.05, 3.63) is 58.0 Å². The van der Waals surface area contributed by atoms with Crippen molar-refractivity contribution in [3.63, 3.8) is 0 Å². The monoisotopic (exact) mass is 611 g/mol. The summed E-state index contributed by atoms with van der Waals surface area (Å²) in [5, 5.41) is 6.02. The molecule has 10 heteroatoms. The molecule has 3 rings (SSSR count). The van der Waals surface area contributed by atoms with Gasteiger partial charge in [-0.1, -0.05) is 46.8 Å². The zero-order chi connectivity index (χ0) is 33.2. The van der Waals surface area contributed by atoms with Gasteiger partial charge < -0.3 is 34.2 Å². The first kappa shape index (κ1) is 36.6. The van der Waals surface area contributed by atoms with Gasteiger partial charge in [0.15, 0.2) is 11.4 Å². The number of hydrogen-bond acceptors (Lipinski definition) is 9. The molecule has 1 amide bonds. The van der Waals surface area contributed by atoms with E-state index in [-0.39, 0.29) is 23.2 Å². The molecular weight excluding hydrogens is 558 g/mol. The lowest BCUT2D eigenvalue weighted by Gasteiger charge is -2.29. The van der Waals surface area contributed by atoms with Gasteiger partial charge in [-0.15, -0.1) is 0 Å². The molecule has 1 aromatic carbocycles. The number of hydrogen-bond donors (Lipinski definition) is 2. The Morgan fingerprint density at radius 3 is 2.16 bits per heavy atom. The topological polar surface area (TPSA) is 111 Å². The molecule has 3 aromatic rings. The number of amides is 1. The Hall–Kier alpha value is -3.63. The highest BCUT2D eigenvalue weighted by molar-refractivity contribution is 6.03. The molecule has 0 aliphatic heterocycles. The molecule has 10 nitrogen and oxygen atoms in total. The fourth-order valence-corrected chi connectivity index (χ4v) is 4.88. The number of aromatic nitrogens is 2. The zero-order valence-corrected chi connectivity index (χ0v) is 29.0. The van der Waals surface area contributed by atoms with E-state index < -0.39 is 11.5 Å². The van der Waals surface area contributed by atoms with Crippen LogP contribution in [-0.4, -0.2) is 69.3 Å². The van der Waals surface area contributed by atoms with Crippen molar-refractivity contribution >= 4 is 17.5 Å². The summed E-state index contributed by atoms with van der Waals surface area (Å²) in [6.45, 7) is 18.3. The van der Waals surface area contributed by atoms with Crippen molar-refractivity contribution < 1.29 is 23.4 Å². The van der Waals surface area contributed by atoms with E-state index in [2.05, 4.69) is 79.2 Å². The molecular formula is C34H53N5O5. The van der Waals surface area contributed by atoms with Crippen LogP contribution in [0.1, 0.15) is 93.0 Å². The Labute approximate surface area is 263 Å². The van der Waals surface area contributed by atoms with Gasteiger partial charge in [0, 0.05) is 26.6 Å². The van der Waals surface area contributed by atoms with Gasteiger partial charge in [0.2, 0.25) is 17.7 Å². The standard InChI is InChI=1S/C32H47N5O5.C2H6/c1-19(2)24-16-22(21(4)14-25(24)32(5,6)41-11)15-23-12-13-26(42-23)28(38)34-27-29(39-9)35-31(36-30(27)40-10)33-17-20(3)18-37(7)8;1-2/h12-14,16,19-20H,15,17-18H2,1-11H3,(H,34,38)(H,33,35,36);1-2H3. The molecule has 0 bridgehead atoms. The highest BCUT2D eigenvalue weighted by Gasteiger charge is 2.26. The van der Waals surface area contributed by atoms with E-state index in [1.807, 2.05) is 34.0 Å². The van der Waals surface area contributed by atoms with Crippen molar-refractivity contribution in [3.8, 4) is 11.8 Å². The third-order valence-corrected chi connectivity index (χ3v) is 7.29. The maximum atomic E-state index is 13.2. The average Bonchev–Trinajstić information content (AvgIpc) is 3.46. The Bertz CT molecular complexity index is 1340. The van der Waals surface area contributed by atoms with Crippen LogP contribution in [0.5, 0.6) is 11.8 Å². The van der Waals surface area contributed by atoms with Crippen LogP contribution in [0.3, 0.4) is 0 Å². The van der Waals surface area contributed by atoms with E-state index in [1.54, 1.807) is 13.2 Å². The maximum absolute atomic E-state index is 13.2. The molecule has 0 saturated carbocycles. The lowest BCUT2D eigenvalue weighted by Crippen LogP contribution is -2.25. The first-order valence-corrected chi connectivity index (χ1v) is 15.3. The second-order valence-electron chi connectivity index (χ2n) is 11.8. The minimum Gasteiger partial charge on any atom is -0.479 e. The van der Waals surface area contributed by atoms with Crippen LogP contribution in [0, 0.1) is 12.8 Å². The highest BCUT2D eigenvalue weighted by atomic mass is 16.5. The minimum absolute atomic E-state index is 0.160. The van der Waals surface area contributed by atoms with Gasteiger partial charge in [-0.05, 0) is 81.1 Å². The smallest absolute Gasteiger partial charge is 0.291 e. The maximum Gasteiger partial charge on any atom is 0.291 e. The van der Waals surface area contributed by atoms with Gasteiger partial charge in [-0.2, -0.15) is 9.97 Å². The highest BCUT2D eigenvalue weighted by Crippen LogP contribution is 2.35. The predicted molar refractivity (Wildman–Crippen MR) is 177 cm³/mol. The van der Waals surface area contributed by atoms with Crippen LogP contribution in [0.25, 0.3) is 0 Å². The molecule has 244 valence electrons. The fourth-order valence-electron chi connectivity index (χ4n) is 4.88. The molecule has 0 radical (unpaired) electrons. The summed E-state index contributed by atoms with van der Waals surface area (Å²) >= 11 is 0. The van der Waals surface area contributed by atoms with Crippen LogP contribution < -0.4 is 20.1 Å². The SMILES string of the molecule is CC.COc1nc(NCC(C)CN(C)C)nc(OC)c1NC(=O)c1ccc(Cc2cc(C(C)C)c(C(C)(C)OC)cc2C)o1. The number of carbonyl (C=O) groups excluding carboxylic acids is 1. The number of anilines is 2. The van der Waals surface area contributed by atoms with Crippen LogP contribution in [0.2, 0.25) is 0 Å². The molecule has 2 N–H and O–H groups in total. The minimum atomic E-state index is -0.460. The Kier molecular flexibility index (Phi) is 13.7. The van der Waals surface area contributed by atoms with Gasteiger partial charge in [0.05, 0.1) is 19.8 Å². The molecule has 1 atom stereocenters. The first-order chi connectivity index (χ1) is 20.8. The molecule has 44 heavy (non-hydrogen) atoms. The van der Waals surface area contributed by atoms with Gasteiger partial charge in [0.25, 0.3) is 5.91 Å². The van der Waals surface area contributed by atoms with E-state index in [0.717, 1.165) is 17.7 Å². The second kappa shape index (κ2) is 16.4. The summed E-state index contributed by atoms with van der Waals surface area (Å²) in [6.07, 6.45) is 0.550. The summed E-state index contributed by atoms with van der Waals surface area (Å²) in [4.78, 5) is 24.2. The van der Waals surface area contributed by atoms with Crippen molar-refractivity contribution in [2.45, 2.75) is 73.3 Å². The quantitative estimate of drug-likeness (QED) is 0.202. The summed E-state index contributed by atoms with van der Waals surface area (Å²) in [7, 11) is 8.76. The Balaban J connectivity index is 0.00000330. The number of nitrogens with one attached hydrogen (secondary N) is 2. The molecule has 2 heterocycles. The van der Waals surface area contributed by atoms with Crippen molar-refractivity contribution in [1.82, 2.24) is 14.9 Å². The molecule has 0 aliphatic carbocycles. The van der Waals surface area contributed by atoms with Crippen molar-refractivity contribution in [1.29, 1.82) is 0 Å². The lowest BCUT2D eigenvalue weighted by molar-refractivity contribution is 0.0182. The summed E-state index contributed by atoms with van der Waals surface area (Å²) in [5.41, 5.74) is 4.51. The number of aryl methyl sites for hydroxylation is 1. The number of rotatable bonds is 14. The van der Waals surface area contributed by atoms with E-state index >= 15 is 0 Å². The van der Waals surface area contributed by atoms with Crippen LogP contribution >= 0.6 is 0 Å². The average molecular weight is 612 g/mol. The number of methoxy groups -OCH3 is 3. The summed E-state index contributed by atoms with van der Waals surface area (Å²) < 4.78 is 22.7. The fraction of sp³-hybridized carbons (Fsp3) is 0.559. The third-order valence-electron chi connectivity index (χ3n) is 7.29. The lowest BCUT2D eigenvalue weighted by atomic mass is 9.84. The summed E-state index contributed by atoms with van der Waals surface area (Å²) in [6, 6.07) is 7.91. The number of ether oxygens (including phenoxy) is 3. The van der Waals surface area contributed by atoms with Gasteiger partial charge in [-0.25, -0.2) is 0 Å². The largest absolute Gasteiger partial charge is 0.479 e. The van der Waals surface area contributed by atoms with Crippen LogP contribution in [0.15, 0.2) is 28.7 Å². The number of furan rings is 1. The van der Waals surface area contributed by atoms with Crippen molar-refractivity contribution in [2.75, 3.05) is 59.1 Å². The molecule has 0 fully saturated rings. The number of carbonyl (C=O) groups is 1. The first-order valence-electron chi connectivity index (χ1n) is 15.3. The van der Waals surface area contributed by atoms with E-state index in [0.29, 0.717) is 36.5 Å². The molecule has 2 aromatic heterocycles. The predicted octanol–water partition coefficient (Wildman–Crippen LogP) is 6.88. The Morgan fingerprint density at radius 2 is 1.64 bits per heavy atom. The molecule has 1 unspecified atom stereocenters. The normalized spacial score (nSPS) is 12.1. The zero-order valence-electron chi connectivity index (χ0n) is 29.0. The van der Waals surface area contributed by atoms with Crippen LogP contribution in [0.4, 0.5) is 11.6 Å². The molecule has 0 aliphatic rings. The van der Waals surface area contributed by atoms with Crippen LogP contribution in [-0.2, 0) is 16.8 Å². The van der Waals surface area contributed by atoms with Gasteiger partial charge in [0.1, 0.15) is 5.76 Å². The van der Waals surface area contributed by atoms with E-state index in [4.69, 9.17) is 18.6 Å². The Morgan fingerprint density at radius 1 is 1.02 bits per heavy atom. The van der Waals surface area contributed by atoms with Gasteiger partial charge in [-0.3, -0.25) is 4.79 Å². The molecule has 0 saturated heterocycles. The van der Waals surface area contributed by atoms with Crippen molar-refractivity contribution in [2.24, 2.45) is 5.92 Å². The number of nitrogens with zero attached hydrogens (tertiary/aromatic N) is 3. The summed E-state index contributed by atoms with van der Waals surface area (Å²) in [5.74, 6) is 1.78. The van der Waals surface area contributed by atoms with Gasteiger partial charge >= 0.3 is 0 Å². The third kappa shape index (κ3) is 9.43.